The summed E-state index contributed by atoms with van der Waals surface area (Å²) in [6.07, 6.45) is 0. The smallest absolute Gasteiger partial charge is 0.104 e. The number of nitrogens with zero attached hydrogens (tertiary/aromatic N) is 1. The number of halogens is 1. The van der Waals surface area contributed by atoms with Crippen LogP contribution in [0, 0.1) is 6.92 Å². The minimum absolute atomic E-state index is 0.0826. The predicted molar refractivity (Wildman–Crippen MR) is 77.4 cm³/mol. The molecule has 3 nitrogen and oxygen atoms in total. The second-order valence-electron chi connectivity index (χ2n) is 5.30. The molecule has 1 aromatic heterocycles. The van der Waals surface area contributed by atoms with Crippen LogP contribution in [0.25, 0.3) is 11.0 Å². The molecule has 0 fully saturated rings. The molecule has 0 radical (unpaired) electrons. The van der Waals surface area contributed by atoms with E-state index in [0.717, 1.165) is 29.9 Å². The minimum atomic E-state index is 0.0826. The Morgan fingerprint density at radius 3 is 2.89 bits per heavy atom. The first-order valence-corrected chi connectivity index (χ1v) is 6.80. The van der Waals surface area contributed by atoms with Gasteiger partial charge in [0.1, 0.15) is 5.82 Å². The van der Waals surface area contributed by atoms with Gasteiger partial charge in [0, 0.05) is 24.4 Å². The Morgan fingerprint density at radius 1 is 1.39 bits per heavy atom. The fourth-order valence-corrected chi connectivity index (χ4v) is 2.26. The van der Waals surface area contributed by atoms with Gasteiger partial charge in [0.05, 0.1) is 11.0 Å². The maximum absolute atomic E-state index is 5.68. The Bertz CT molecular complexity index is 531. The first kappa shape index (κ1) is 13.4. The average molecular weight is 266 g/mol. The van der Waals surface area contributed by atoms with Gasteiger partial charge in [0.25, 0.3) is 0 Å². The first-order chi connectivity index (χ1) is 8.53. The van der Waals surface area contributed by atoms with Gasteiger partial charge in [0.15, 0.2) is 0 Å². The van der Waals surface area contributed by atoms with Crippen molar-refractivity contribution in [3.05, 3.63) is 29.6 Å². The number of nitrogens with one attached hydrogen (secondary N) is 2. The zero-order valence-corrected chi connectivity index (χ0v) is 11.9. The fraction of sp³-hybridized carbons (Fsp3) is 0.500. The molecule has 2 N–H and O–H groups in total. The second kappa shape index (κ2) is 5.29. The summed E-state index contributed by atoms with van der Waals surface area (Å²) in [6, 6.07) is 6.43. The molecule has 2 rings (SSSR count). The maximum atomic E-state index is 5.68. The standard InChI is InChI=1S/C14H20ClN3/c1-10-17-12-5-4-11(8-13(12)18-10)14(2,3)9-16-7-6-15/h4-5,8,16H,6-7,9H2,1-3H3,(H,17,18). The van der Waals surface area contributed by atoms with Crippen LogP contribution in [0.5, 0.6) is 0 Å². The number of benzene rings is 1. The second-order valence-corrected chi connectivity index (χ2v) is 5.68. The molecule has 0 aliphatic carbocycles. The number of imidazole rings is 1. The van der Waals surface area contributed by atoms with Crippen molar-refractivity contribution >= 4 is 22.6 Å². The van der Waals surface area contributed by atoms with E-state index in [1.807, 2.05) is 6.92 Å². The summed E-state index contributed by atoms with van der Waals surface area (Å²) in [5.41, 5.74) is 3.52. The normalized spacial score (nSPS) is 12.2. The topological polar surface area (TPSA) is 40.7 Å². The number of alkyl halides is 1. The van der Waals surface area contributed by atoms with Gasteiger partial charge < -0.3 is 10.3 Å². The number of fused-ring (bicyclic) bond motifs is 1. The first-order valence-electron chi connectivity index (χ1n) is 6.26. The van der Waals surface area contributed by atoms with Crippen LogP contribution < -0.4 is 5.32 Å². The van der Waals surface area contributed by atoms with Gasteiger partial charge in [-0.3, -0.25) is 0 Å². The third kappa shape index (κ3) is 2.85. The van der Waals surface area contributed by atoms with E-state index >= 15 is 0 Å². The molecule has 0 amide bonds. The van der Waals surface area contributed by atoms with Crippen LogP contribution in [0.15, 0.2) is 18.2 Å². The monoisotopic (exact) mass is 265 g/mol. The number of H-pyrrole nitrogens is 1. The Labute approximate surface area is 113 Å². The van der Waals surface area contributed by atoms with Gasteiger partial charge in [0.2, 0.25) is 0 Å². The summed E-state index contributed by atoms with van der Waals surface area (Å²) in [5, 5.41) is 3.37. The highest BCUT2D eigenvalue weighted by Crippen LogP contribution is 2.25. The number of hydrogen-bond acceptors (Lipinski definition) is 2. The molecule has 98 valence electrons. The van der Waals surface area contributed by atoms with Crippen molar-refractivity contribution in [2.75, 3.05) is 19.0 Å². The van der Waals surface area contributed by atoms with E-state index in [1.54, 1.807) is 0 Å². The molecular weight excluding hydrogens is 246 g/mol. The summed E-state index contributed by atoms with van der Waals surface area (Å²) >= 11 is 5.68. The van der Waals surface area contributed by atoms with Crippen molar-refractivity contribution in [1.29, 1.82) is 0 Å². The number of aryl methyl sites for hydroxylation is 1. The van der Waals surface area contributed by atoms with Crippen molar-refractivity contribution in [2.45, 2.75) is 26.2 Å². The molecule has 0 unspecified atom stereocenters. The fourth-order valence-electron chi connectivity index (χ4n) is 2.13. The Balaban J connectivity index is 2.23. The molecule has 18 heavy (non-hydrogen) atoms. The number of aromatic amines is 1. The summed E-state index contributed by atoms with van der Waals surface area (Å²) in [6.45, 7) is 8.21. The molecule has 0 atom stereocenters. The molecule has 0 aliphatic rings. The highest BCUT2D eigenvalue weighted by molar-refractivity contribution is 6.18. The van der Waals surface area contributed by atoms with Crippen molar-refractivity contribution in [3.63, 3.8) is 0 Å². The molecule has 4 heteroatoms. The SMILES string of the molecule is Cc1nc2ccc(C(C)(C)CNCCCl)cc2[nH]1. The number of aromatic nitrogens is 2. The Hall–Kier alpha value is -1.06. The van der Waals surface area contributed by atoms with Crippen LogP contribution in [0.2, 0.25) is 0 Å². The van der Waals surface area contributed by atoms with E-state index in [0.29, 0.717) is 5.88 Å². The summed E-state index contributed by atoms with van der Waals surface area (Å²) in [4.78, 5) is 7.71. The van der Waals surface area contributed by atoms with Gasteiger partial charge in [-0.05, 0) is 24.6 Å². The number of rotatable bonds is 5. The molecule has 1 heterocycles. The summed E-state index contributed by atoms with van der Waals surface area (Å²) in [7, 11) is 0. The van der Waals surface area contributed by atoms with Crippen LogP contribution in [-0.4, -0.2) is 28.9 Å². The Morgan fingerprint density at radius 2 is 2.17 bits per heavy atom. The zero-order chi connectivity index (χ0) is 13.2. The number of hydrogen-bond donors (Lipinski definition) is 2. The zero-order valence-electron chi connectivity index (χ0n) is 11.2. The van der Waals surface area contributed by atoms with Crippen molar-refractivity contribution in [1.82, 2.24) is 15.3 Å². The van der Waals surface area contributed by atoms with Gasteiger partial charge >= 0.3 is 0 Å². The van der Waals surface area contributed by atoms with Crippen LogP contribution in [0.1, 0.15) is 25.2 Å². The molecule has 0 saturated carbocycles. The molecule has 0 aliphatic heterocycles. The lowest BCUT2D eigenvalue weighted by Crippen LogP contribution is -2.33. The average Bonchev–Trinajstić information content (AvgIpc) is 2.68. The lowest BCUT2D eigenvalue weighted by molar-refractivity contribution is 0.479. The van der Waals surface area contributed by atoms with E-state index in [4.69, 9.17) is 11.6 Å². The van der Waals surface area contributed by atoms with E-state index in [1.165, 1.54) is 5.56 Å². The molecule has 1 aromatic carbocycles. The van der Waals surface area contributed by atoms with Crippen LogP contribution in [-0.2, 0) is 5.41 Å². The molecule has 2 aromatic rings. The van der Waals surface area contributed by atoms with Crippen molar-refractivity contribution in [3.8, 4) is 0 Å². The quantitative estimate of drug-likeness (QED) is 0.645. The van der Waals surface area contributed by atoms with E-state index in [2.05, 4.69) is 47.3 Å². The highest BCUT2D eigenvalue weighted by atomic mass is 35.5. The lowest BCUT2D eigenvalue weighted by Gasteiger charge is -2.25. The third-order valence-electron chi connectivity index (χ3n) is 3.22. The minimum Gasteiger partial charge on any atom is -0.342 e. The predicted octanol–water partition coefficient (Wildman–Crippen LogP) is 2.98. The largest absolute Gasteiger partial charge is 0.342 e. The van der Waals surface area contributed by atoms with Gasteiger partial charge in [-0.2, -0.15) is 0 Å². The summed E-state index contributed by atoms with van der Waals surface area (Å²) < 4.78 is 0. The maximum Gasteiger partial charge on any atom is 0.104 e. The molecule has 0 spiro atoms. The van der Waals surface area contributed by atoms with Crippen LogP contribution in [0.4, 0.5) is 0 Å². The molecule has 0 bridgehead atoms. The van der Waals surface area contributed by atoms with E-state index < -0.39 is 0 Å². The Kier molecular flexibility index (Phi) is 3.93. The van der Waals surface area contributed by atoms with Crippen molar-refractivity contribution < 1.29 is 0 Å². The third-order valence-corrected chi connectivity index (χ3v) is 3.41. The van der Waals surface area contributed by atoms with Gasteiger partial charge in [-0.15, -0.1) is 11.6 Å². The van der Waals surface area contributed by atoms with E-state index in [9.17, 15) is 0 Å². The van der Waals surface area contributed by atoms with Crippen molar-refractivity contribution in [2.24, 2.45) is 0 Å². The van der Waals surface area contributed by atoms with Crippen LogP contribution >= 0.6 is 11.6 Å². The van der Waals surface area contributed by atoms with Gasteiger partial charge in [-0.25, -0.2) is 4.98 Å². The van der Waals surface area contributed by atoms with Gasteiger partial charge in [-0.1, -0.05) is 19.9 Å². The van der Waals surface area contributed by atoms with E-state index in [-0.39, 0.29) is 5.41 Å². The molecular formula is C14H20ClN3. The summed E-state index contributed by atoms with van der Waals surface area (Å²) in [5.74, 6) is 1.61. The highest BCUT2D eigenvalue weighted by Gasteiger charge is 2.20. The van der Waals surface area contributed by atoms with Crippen LogP contribution in [0.3, 0.4) is 0 Å². The molecule has 0 saturated heterocycles. The lowest BCUT2D eigenvalue weighted by atomic mass is 9.84.